The van der Waals surface area contributed by atoms with Gasteiger partial charge in [-0.1, -0.05) is 12.1 Å². The average molecular weight is 293 g/mol. The number of carbonyl (C=O) groups is 2. The van der Waals surface area contributed by atoms with Crippen molar-refractivity contribution in [1.82, 2.24) is 15.1 Å². The van der Waals surface area contributed by atoms with Crippen LogP contribution < -0.4 is 5.32 Å². The van der Waals surface area contributed by atoms with Crippen LogP contribution in [0.5, 0.6) is 0 Å². The fraction of sp³-hybridized carbons (Fsp3) is 0.467. The minimum Gasteiger partial charge on any atom is -0.350 e. The van der Waals surface area contributed by atoms with Crippen molar-refractivity contribution in [1.29, 1.82) is 0 Å². The van der Waals surface area contributed by atoms with Gasteiger partial charge in [0, 0.05) is 27.2 Å². The topological polar surface area (TPSA) is 52.7 Å². The molecule has 1 aliphatic rings. The second-order valence-electron chi connectivity index (χ2n) is 5.37. The van der Waals surface area contributed by atoms with Crippen LogP contribution in [0.15, 0.2) is 24.3 Å². The Morgan fingerprint density at radius 1 is 1.33 bits per heavy atom. The molecule has 0 spiro atoms. The molecule has 2 rings (SSSR count). The quantitative estimate of drug-likeness (QED) is 0.920. The molecule has 1 saturated heterocycles. The van der Waals surface area contributed by atoms with Crippen molar-refractivity contribution >= 4 is 11.9 Å². The molecule has 1 aliphatic heterocycles. The number of halogens is 1. The predicted molar refractivity (Wildman–Crippen MR) is 77.1 cm³/mol. The molecule has 0 radical (unpaired) electrons. The number of urea groups is 1. The van der Waals surface area contributed by atoms with Crippen LogP contribution in [0.1, 0.15) is 18.4 Å². The maximum atomic E-state index is 12.8. The van der Waals surface area contributed by atoms with Crippen molar-refractivity contribution in [2.75, 3.05) is 20.6 Å². The molecule has 6 heteroatoms. The number of nitrogens with one attached hydrogen (secondary N) is 1. The molecule has 1 unspecified atom stereocenters. The average Bonchev–Trinajstić information content (AvgIpc) is 2.94. The van der Waals surface area contributed by atoms with Crippen molar-refractivity contribution in [3.8, 4) is 0 Å². The molecule has 1 aromatic rings. The Morgan fingerprint density at radius 2 is 2.00 bits per heavy atom. The Labute approximate surface area is 123 Å². The summed E-state index contributed by atoms with van der Waals surface area (Å²) in [6, 6.07) is 5.42. The second kappa shape index (κ2) is 6.56. The van der Waals surface area contributed by atoms with E-state index in [2.05, 4.69) is 5.32 Å². The summed E-state index contributed by atoms with van der Waals surface area (Å²) in [6.45, 7) is 0.936. The van der Waals surface area contributed by atoms with Crippen molar-refractivity contribution in [3.05, 3.63) is 35.6 Å². The van der Waals surface area contributed by atoms with Crippen LogP contribution in [0.2, 0.25) is 0 Å². The van der Waals surface area contributed by atoms with Gasteiger partial charge in [-0.25, -0.2) is 9.18 Å². The van der Waals surface area contributed by atoms with Gasteiger partial charge in [-0.3, -0.25) is 4.79 Å². The van der Waals surface area contributed by atoms with Gasteiger partial charge < -0.3 is 15.1 Å². The summed E-state index contributed by atoms with van der Waals surface area (Å²) in [4.78, 5) is 27.3. The number of nitrogens with zero attached hydrogens (tertiary/aromatic N) is 2. The highest BCUT2D eigenvalue weighted by molar-refractivity contribution is 5.87. The normalized spacial score (nSPS) is 17.7. The van der Waals surface area contributed by atoms with Crippen molar-refractivity contribution in [3.63, 3.8) is 0 Å². The van der Waals surface area contributed by atoms with E-state index in [4.69, 9.17) is 0 Å². The number of hydrogen-bond acceptors (Lipinski definition) is 2. The fourth-order valence-corrected chi connectivity index (χ4v) is 2.43. The predicted octanol–water partition coefficient (Wildman–Crippen LogP) is 1.59. The smallest absolute Gasteiger partial charge is 0.320 e. The van der Waals surface area contributed by atoms with E-state index in [1.54, 1.807) is 31.1 Å². The number of likely N-dealkylation sites (tertiary alicyclic amines) is 1. The summed E-state index contributed by atoms with van der Waals surface area (Å²) in [5, 5.41) is 2.81. The van der Waals surface area contributed by atoms with Gasteiger partial charge in [0.15, 0.2) is 0 Å². The first-order chi connectivity index (χ1) is 9.99. The molecule has 21 heavy (non-hydrogen) atoms. The van der Waals surface area contributed by atoms with E-state index < -0.39 is 6.04 Å². The zero-order valence-electron chi connectivity index (χ0n) is 12.3. The summed E-state index contributed by atoms with van der Waals surface area (Å²) < 4.78 is 12.8. The van der Waals surface area contributed by atoms with Crippen molar-refractivity contribution in [2.45, 2.75) is 25.4 Å². The van der Waals surface area contributed by atoms with E-state index >= 15 is 0 Å². The standard InChI is InChI=1S/C15H20FN3O2/c1-18(2)15(21)19-9-3-4-13(19)14(20)17-10-11-5-7-12(16)8-6-11/h5-8,13H,3-4,9-10H2,1-2H3,(H,17,20). The molecule has 1 fully saturated rings. The van der Waals surface area contributed by atoms with E-state index in [1.807, 2.05) is 0 Å². The first-order valence-electron chi connectivity index (χ1n) is 6.99. The molecule has 1 atom stereocenters. The van der Waals surface area contributed by atoms with Gasteiger partial charge in [0.25, 0.3) is 0 Å². The Bertz CT molecular complexity index is 516. The van der Waals surface area contributed by atoms with Gasteiger partial charge >= 0.3 is 6.03 Å². The van der Waals surface area contributed by atoms with Crippen LogP contribution in [0.4, 0.5) is 9.18 Å². The molecule has 5 nitrogen and oxygen atoms in total. The van der Waals surface area contributed by atoms with Gasteiger partial charge in [0.05, 0.1) is 0 Å². The highest BCUT2D eigenvalue weighted by Crippen LogP contribution is 2.18. The van der Waals surface area contributed by atoms with E-state index in [1.165, 1.54) is 17.0 Å². The lowest BCUT2D eigenvalue weighted by Crippen LogP contribution is -2.49. The SMILES string of the molecule is CN(C)C(=O)N1CCCC1C(=O)NCc1ccc(F)cc1. The third-order valence-corrected chi connectivity index (χ3v) is 3.56. The maximum absolute atomic E-state index is 12.8. The third-order valence-electron chi connectivity index (χ3n) is 3.56. The molecule has 0 aromatic heterocycles. The lowest BCUT2D eigenvalue weighted by molar-refractivity contribution is -0.125. The number of amides is 3. The van der Waals surface area contributed by atoms with Crippen molar-refractivity contribution < 1.29 is 14.0 Å². The molecule has 0 bridgehead atoms. The zero-order valence-corrected chi connectivity index (χ0v) is 12.3. The van der Waals surface area contributed by atoms with Crippen LogP contribution in [0.25, 0.3) is 0 Å². The van der Waals surface area contributed by atoms with Crippen LogP contribution in [0, 0.1) is 5.82 Å². The molecule has 3 amide bonds. The molecular weight excluding hydrogens is 273 g/mol. The fourth-order valence-electron chi connectivity index (χ4n) is 2.43. The Hall–Kier alpha value is -2.11. The molecule has 1 N–H and O–H groups in total. The van der Waals surface area contributed by atoms with Crippen molar-refractivity contribution in [2.24, 2.45) is 0 Å². The van der Waals surface area contributed by atoms with E-state index in [-0.39, 0.29) is 17.8 Å². The van der Waals surface area contributed by atoms with E-state index in [0.29, 0.717) is 19.5 Å². The van der Waals surface area contributed by atoms with Gasteiger partial charge in [0.1, 0.15) is 11.9 Å². The number of benzene rings is 1. The minimum atomic E-state index is -0.416. The minimum absolute atomic E-state index is 0.144. The number of hydrogen-bond donors (Lipinski definition) is 1. The van der Waals surface area contributed by atoms with Crippen LogP contribution in [-0.2, 0) is 11.3 Å². The highest BCUT2D eigenvalue weighted by Gasteiger charge is 2.34. The summed E-state index contributed by atoms with van der Waals surface area (Å²) in [5.41, 5.74) is 0.827. The third kappa shape index (κ3) is 3.71. The molecular formula is C15H20FN3O2. The van der Waals surface area contributed by atoms with E-state index in [0.717, 1.165) is 12.0 Å². The van der Waals surface area contributed by atoms with Gasteiger partial charge in [-0.2, -0.15) is 0 Å². The van der Waals surface area contributed by atoms with Gasteiger partial charge in [-0.15, -0.1) is 0 Å². The van der Waals surface area contributed by atoms with Gasteiger partial charge in [-0.05, 0) is 30.5 Å². The Kier molecular flexibility index (Phi) is 4.77. The van der Waals surface area contributed by atoms with Gasteiger partial charge in [0.2, 0.25) is 5.91 Å². The molecule has 114 valence electrons. The summed E-state index contributed by atoms with van der Waals surface area (Å²) in [5.74, 6) is -0.462. The van der Waals surface area contributed by atoms with Crippen LogP contribution in [-0.4, -0.2) is 48.4 Å². The maximum Gasteiger partial charge on any atom is 0.320 e. The zero-order chi connectivity index (χ0) is 15.4. The Balaban J connectivity index is 1.93. The van der Waals surface area contributed by atoms with E-state index in [9.17, 15) is 14.0 Å². The molecule has 0 aliphatic carbocycles. The second-order valence-corrected chi connectivity index (χ2v) is 5.37. The van der Waals surface area contributed by atoms with Crippen LogP contribution >= 0.6 is 0 Å². The summed E-state index contributed by atoms with van der Waals surface area (Å²) in [7, 11) is 3.35. The largest absolute Gasteiger partial charge is 0.350 e. The number of rotatable bonds is 3. The lowest BCUT2D eigenvalue weighted by Gasteiger charge is -2.26. The first-order valence-corrected chi connectivity index (χ1v) is 6.99. The summed E-state index contributed by atoms with van der Waals surface area (Å²) >= 11 is 0. The Morgan fingerprint density at radius 3 is 2.62 bits per heavy atom. The monoisotopic (exact) mass is 293 g/mol. The molecule has 1 aromatic carbocycles. The first kappa shape index (κ1) is 15.3. The lowest BCUT2D eigenvalue weighted by atomic mass is 10.2. The number of carbonyl (C=O) groups excluding carboxylic acids is 2. The molecule has 0 saturated carbocycles. The highest BCUT2D eigenvalue weighted by atomic mass is 19.1. The molecule has 1 heterocycles. The van der Waals surface area contributed by atoms with Crippen LogP contribution in [0.3, 0.4) is 0 Å². The summed E-state index contributed by atoms with van der Waals surface area (Å²) in [6.07, 6.45) is 1.50.